The highest BCUT2D eigenvalue weighted by molar-refractivity contribution is 9.10. The molecule has 1 aliphatic heterocycles. The Kier molecular flexibility index (Phi) is 6.27. The molecular formula is C27H26BrNO5. The summed E-state index contributed by atoms with van der Waals surface area (Å²) in [6.45, 7) is 5.31. The Hall–Kier alpha value is -3.16. The minimum Gasteiger partial charge on any atom is -0.467 e. The average molecular weight is 524 g/mol. The number of fused-ring (bicyclic) bond motifs is 3. The quantitative estimate of drug-likeness (QED) is 0.427. The molecule has 1 amide bonds. The smallest absolute Gasteiger partial charge is 0.415 e. The molecule has 1 unspecified atom stereocenters. The van der Waals surface area contributed by atoms with Crippen LogP contribution in [0.25, 0.3) is 11.1 Å². The van der Waals surface area contributed by atoms with E-state index in [9.17, 15) is 14.7 Å². The molecule has 7 heteroatoms. The summed E-state index contributed by atoms with van der Waals surface area (Å²) in [5, 5.41) is 12.2. The second kappa shape index (κ2) is 8.89. The highest BCUT2D eigenvalue weighted by Crippen LogP contribution is 2.52. The number of hydrogen-bond acceptors (Lipinski definition) is 5. The van der Waals surface area contributed by atoms with E-state index < -0.39 is 29.3 Å². The second-order valence-corrected chi connectivity index (χ2v) is 10.0. The molecule has 176 valence electrons. The number of halogens is 1. The van der Waals surface area contributed by atoms with Crippen LogP contribution in [0.1, 0.15) is 37.9 Å². The van der Waals surface area contributed by atoms with Crippen LogP contribution in [0.5, 0.6) is 0 Å². The maximum Gasteiger partial charge on any atom is 0.415 e. The van der Waals surface area contributed by atoms with Gasteiger partial charge in [0.05, 0.1) is 12.8 Å². The van der Waals surface area contributed by atoms with Gasteiger partial charge in [-0.1, -0.05) is 70.5 Å². The first-order valence-electron chi connectivity index (χ1n) is 10.9. The van der Waals surface area contributed by atoms with Crippen LogP contribution < -0.4 is 4.90 Å². The second-order valence-electron chi connectivity index (χ2n) is 9.13. The largest absolute Gasteiger partial charge is 0.467 e. The molecule has 0 radical (unpaired) electrons. The first kappa shape index (κ1) is 24.0. The van der Waals surface area contributed by atoms with Crippen molar-refractivity contribution in [2.45, 2.75) is 38.0 Å². The Balaban J connectivity index is 2.05. The van der Waals surface area contributed by atoms with Gasteiger partial charge in [0.1, 0.15) is 11.6 Å². The third kappa shape index (κ3) is 4.10. The lowest BCUT2D eigenvalue weighted by atomic mass is 9.76. The summed E-state index contributed by atoms with van der Waals surface area (Å²) in [4.78, 5) is 28.4. The van der Waals surface area contributed by atoms with Gasteiger partial charge in [-0.2, -0.15) is 0 Å². The third-order valence-corrected chi connectivity index (χ3v) is 6.21. The molecular weight excluding hydrogens is 498 g/mol. The highest BCUT2D eigenvalue weighted by atomic mass is 79.9. The van der Waals surface area contributed by atoms with Crippen molar-refractivity contribution in [1.29, 1.82) is 0 Å². The van der Waals surface area contributed by atoms with Crippen molar-refractivity contribution >= 4 is 33.7 Å². The molecule has 0 spiro atoms. The molecule has 0 fully saturated rings. The number of hydrogen-bond donors (Lipinski definition) is 1. The molecule has 3 aromatic rings. The number of nitrogens with zero attached hydrogens (tertiary/aromatic N) is 1. The molecule has 3 aromatic carbocycles. The number of para-hydroxylation sites is 1. The molecule has 34 heavy (non-hydrogen) atoms. The molecule has 0 aromatic heterocycles. The van der Waals surface area contributed by atoms with Gasteiger partial charge in [0.25, 0.3) is 0 Å². The van der Waals surface area contributed by atoms with E-state index in [1.54, 1.807) is 63.2 Å². The van der Waals surface area contributed by atoms with Gasteiger partial charge in [0, 0.05) is 10.0 Å². The van der Waals surface area contributed by atoms with Crippen molar-refractivity contribution in [3.8, 4) is 11.1 Å². The maximum atomic E-state index is 13.7. The van der Waals surface area contributed by atoms with Gasteiger partial charge in [-0.15, -0.1) is 0 Å². The number of carbonyl (C=O) groups excluding carboxylic acids is 2. The van der Waals surface area contributed by atoms with Crippen LogP contribution in [-0.2, 0) is 19.9 Å². The van der Waals surface area contributed by atoms with Crippen molar-refractivity contribution in [1.82, 2.24) is 0 Å². The van der Waals surface area contributed by atoms with Gasteiger partial charge in [-0.3, -0.25) is 4.90 Å². The van der Waals surface area contributed by atoms with E-state index in [4.69, 9.17) is 9.47 Å². The van der Waals surface area contributed by atoms with Gasteiger partial charge >= 0.3 is 12.1 Å². The highest BCUT2D eigenvalue weighted by Gasteiger charge is 2.55. The number of carbonyl (C=O) groups is 2. The Morgan fingerprint density at radius 1 is 0.941 bits per heavy atom. The SMILES string of the molecule is COC(=O)[C@](O)(c1cccc(Br)c1)C1c2ccccc2-c2ccccc2N1C(=O)OC(C)(C)C. The summed E-state index contributed by atoms with van der Waals surface area (Å²) in [7, 11) is 1.21. The zero-order chi connectivity index (χ0) is 24.7. The molecule has 0 saturated heterocycles. The minimum absolute atomic E-state index is 0.279. The predicted octanol–water partition coefficient (Wildman–Crippen LogP) is 5.97. The minimum atomic E-state index is -2.24. The van der Waals surface area contributed by atoms with Crippen LogP contribution in [-0.4, -0.2) is 29.9 Å². The maximum absolute atomic E-state index is 13.7. The summed E-state index contributed by atoms with van der Waals surface area (Å²) >= 11 is 3.42. The molecule has 0 saturated carbocycles. The summed E-state index contributed by atoms with van der Waals surface area (Å²) in [5.74, 6) is -0.890. The van der Waals surface area contributed by atoms with E-state index in [1.807, 2.05) is 30.3 Å². The van der Waals surface area contributed by atoms with E-state index in [2.05, 4.69) is 15.9 Å². The zero-order valence-electron chi connectivity index (χ0n) is 19.4. The van der Waals surface area contributed by atoms with Crippen LogP contribution in [0.15, 0.2) is 77.3 Å². The van der Waals surface area contributed by atoms with Crippen molar-refractivity contribution in [3.63, 3.8) is 0 Å². The fourth-order valence-electron chi connectivity index (χ4n) is 4.37. The molecule has 0 bridgehead atoms. The molecule has 1 N–H and O–H groups in total. The van der Waals surface area contributed by atoms with Crippen LogP contribution in [0.3, 0.4) is 0 Å². The van der Waals surface area contributed by atoms with Gasteiger partial charge < -0.3 is 14.6 Å². The number of amides is 1. The Morgan fingerprint density at radius 3 is 2.24 bits per heavy atom. The number of esters is 1. The monoisotopic (exact) mass is 523 g/mol. The molecule has 1 aliphatic rings. The summed E-state index contributed by atoms with van der Waals surface area (Å²) in [5.41, 5.74) is -0.0349. The van der Waals surface area contributed by atoms with Crippen LogP contribution >= 0.6 is 15.9 Å². The number of rotatable bonds is 3. The van der Waals surface area contributed by atoms with Crippen LogP contribution in [0, 0.1) is 0 Å². The third-order valence-electron chi connectivity index (χ3n) is 5.71. The van der Waals surface area contributed by atoms with Gasteiger partial charge in [-0.25, -0.2) is 9.59 Å². The van der Waals surface area contributed by atoms with Gasteiger partial charge in [-0.05, 0) is 55.7 Å². The average Bonchev–Trinajstić information content (AvgIpc) is 2.81. The first-order valence-corrected chi connectivity index (χ1v) is 11.6. The van der Waals surface area contributed by atoms with E-state index in [-0.39, 0.29) is 5.56 Å². The van der Waals surface area contributed by atoms with Crippen LogP contribution in [0.4, 0.5) is 10.5 Å². The van der Waals surface area contributed by atoms with E-state index in [0.29, 0.717) is 15.7 Å². The van der Waals surface area contributed by atoms with E-state index >= 15 is 0 Å². The summed E-state index contributed by atoms with van der Waals surface area (Å²) in [6.07, 6.45) is -0.684. The van der Waals surface area contributed by atoms with Crippen molar-refractivity contribution in [3.05, 3.63) is 88.4 Å². The van der Waals surface area contributed by atoms with Gasteiger partial charge in [0.15, 0.2) is 0 Å². The number of anilines is 1. The van der Waals surface area contributed by atoms with E-state index in [1.165, 1.54) is 12.0 Å². The fraction of sp³-hybridized carbons (Fsp3) is 0.259. The van der Waals surface area contributed by atoms with E-state index in [0.717, 1.165) is 11.1 Å². The lowest BCUT2D eigenvalue weighted by Crippen LogP contribution is -2.54. The lowest BCUT2D eigenvalue weighted by Gasteiger charge is -2.45. The normalized spacial score (nSPS) is 16.6. The molecule has 0 aliphatic carbocycles. The summed E-state index contributed by atoms with van der Waals surface area (Å²) < 4.78 is 11.5. The molecule has 1 heterocycles. The Morgan fingerprint density at radius 2 is 1.59 bits per heavy atom. The topological polar surface area (TPSA) is 76.1 Å². The van der Waals surface area contributed by atoms with Crippen LogP contribution in [0.2, 0.25) is 0 Å². The lowest BCUT2D eigenvalue weighted by molar-refractivity contribution is -0.166. The molecule has 4 rings (SSSR count). The Bertz CT molecular complexity index is 1250. The summed E-state index contributed by atoms with van der Waals surface area (Å²) in [6, 6.07) is 20.4. The Labute approximate surface area is 207 Å². The number of ether oxygens (including phenoxy) is 2. The van der Waals surface area contributed by atoms with Gasteiger partial charge in [0.2, 0.25) is 5.60 Å². The molecule has 2 atom stereocenters. The zero-order valence-corrected chi connectivity index (χ0v) is 21.0. The first-order chi connectivity index (χ1) is 16.1. The van der Waals surface area contributed by atoms with Crippen molar-refractivity contribution in [2.24, 2.45) is 0 Å². The molecule has 6 nitrogen and oxygen atoms in total. The number of methoxy groups -OCH3 is 1. The predicted molar refractivity (Wildman–Crippen MR) is 133 cm³/mol. The fourth-order valence-corrected chi connectivity index (χ4v) is 4.76. The van der Waals surface area contributed by atoms with Crippen molar-refractivity contribution < 1.29 is 24.2 Å². The number of benzene rings is 3. The number of aliphatic hydroxyl groups is 1. The van der Waals surface area contributed by atoms with Crippen molar-refractivity contribution in [2.75, 3.05) is 12.0 Å². The standard InChI is InChI=1S/C27H26BrNO5/c1-26(2,3)34-25(31)29-22-15-8-7-13-20(22)19-12-5-6-14-21(19)23(29)27(32,24(30)33-4)17-10-9-11-18(28)16-17/h5-16,23,32H,1-4H3/t23?,27-/m0/s1.